The number of hydrogen-bond acceptors (Lipinski definition) is 5. The van der Waals surface area contributed by atoms with Crippen LogP contribution in [0, 0.1) is 0 Å². The van der Waals surface area contributed by atoms with Crippen molar-refractivity contribution in [3.8, 4) is 67.9 Å². The summed E-state index contributed by atoms with van der Waals surface area (Å²) in [6.45, 7) is 0. The van der Waals surface area contributed by atoms with Crippen LogP contribution in [0.2, 0.25) is 0 Å². The summed E-state index contributed by atoms with van der Waals surface area (Å²) in [6, 6.07) is 40.9. The Morgan fingerprint density at radius 1 is 0.439 bits per heavy atom. The van der Waals surface area contributed by atoms with Crippen LogP contribution in [-0.2, 0) is 0 Å². The molecule has 5 aromatic carbocycles. The molecule has 2 aromatic heterocycles. The van der Waals surface area contributed by atoms with Gasteiger partial charge in [-0.2, -0.15) is 0 Å². The van der Waals surface area contributed by atoms with Gasteiger partial charge in [0.05, 0.1) is 0 Å². The van der Waals surface area contributed by atoms with E-state index in [0.717, 1.165) is 61.2 Å². The topological polar surface area (TPSA) is 60.8 Å². The van der Waals surface area contributed by atoms with Gasteiger partial charge in [-0.3, -0.25) is 4.98 Å². The number of pyridine rings is 1. The first-order chi connectivity index (χ1) is 20.3. The molecule has 8 rings (SSSR count). The van der Waals surface area contributed by atoms with Crippen LogP contribution in [0.15, 0.2) is 134 Å². The van der Waals surface area contributed by atoms with Crippen LogP contribution in [0.1, 0.15) is 0 Å². The molecule has 0 amide bonds. The molecular weight excluding hydrogens is 504 g/mol. The second-order valence-corrected chi connectivity index (χ2v) is 9.97. The molecule has 5 heteroatoms. The molecule has 1 aliphatic heterocycles. The minimum Gasteiger partial charge on any atom is -0.456 e. The lowest BCUT2D eigenvalue weighted by Crippen LogP contribution is -2.01. The lowest BCUT2D eigenvalue weighted by molar-refractivity contribution is 0.487. The van der Waals surface area contributed by atoms with Crippen LogP contribution >= 0.6 is 0 Å². The molecular formula is C36H22N4O. The standard InChI is InChI=1S/C36H22N4O/c1-2-8-24(9-3-1)34-38-35(26-13-4-12-25(20-26)28-14-7-19-37-22-28)40-36(39-34)27-17-18-31-30(21-27)29-15-5-10-23-11-6-16-32(41-31)33(23)29/h1-22H. The minimum absolute atomic E-state index is 0.606. The van der Waals surface area contributed by atoms with Crippen molar-refractivity contribution >= 4 is 10.8 Å². The number of benzene rings is 5. The van der Waals surface area contributed by atoms with E-state index in [1.54, 1.807) is 6.20 Å². The van der Waals surface area contributed by atoms with Crippen molar-refractivity contribution in [1.82, 2.24) is 19.9 Å². The Labute approximate surface area is 236 Å². The van der Waals surface area contributed by atoms with Gasteiger partial charge in [-0.15, -0.1) is 0 Å². The largest absolute Gasteiger partial charge is 0.456 e. The summed E-state index contributed by atoms with van der Waals surface area (Å²) < 4.78 is 6.32. The number of aromatic nitrogens is 4. The number of fused-ring (bicyclic) bond motifs is 2. The fourth-order valence-electron chi connectivity index (χ4n) is 5.42. The number of hydrogen-bond donors (Lipinski definition) is 0. The smallest absolute Gasteiger partial charge is 0.164 e. The first kappa shape index (κ1) is 23.2. The summed E-state index contributed by atoms with van der Waals surface area (Å²) in [7, 11) is 0. The second kappa shape index (κ2) is 9.50. The number of nitrogens with zero attached hydrogens (tertiary/aromatic N) is 4. The van der Waals surface area contributed by atoms with Crippen molar-refractivity contribution < 1.29 is 4.74 Å². The molecule has 0 spiro atoms. The molecule has 41 heavy (non-hydrogen) atoms. The van der Waals surface area contributed by atoms with Crippen molar-refractivity contribution in [3.63, 3.8) is 0 Å². The van der Waals surface area contributed by atoms with Crippen LogP contribution < -0.4 is 4.74 Å². The SMILES string of the molecule is c1ccc(-c2nc(-c3cccc(-c4cccnc4)c3)nc(-c3ccc4c(c3)-c3cccc5cccc(c35)O4)n2)cc1. The van der Waals surface area contributed by atoms with E-state index in [0.29, 0.717) is 17.5 Å². The van der Waals surface area contributed by atoms with Crippen LogP contribution in [0.5, 0.6) is 11.5 Å². The molecule has 0 aliphatic carbocycles. The second-order valence-electron chi connectivity index (χ2n) is 9.97. The maximum absolute atomic E-state index is 6.32. The van der Waals surface area contributed by atoms with Gasteiger partial charge in [0.25, 0.3) is 0 Å². The molecule has 0 fully saturated rings. The van der Waals surface area contributed by atoms with Crippen LogP contribution in [0.4, 0.5) is 0 Å². The van der Waals surface area contributed by atoms with Crippen LogP contribution in [-0.4, -0.2) is 19.9 Å². The van der Waals surface area contributed by atoms with Gasteiger partial charge in [-0.1, -0.05) is 84.9 Å². The average molecular weight is 527 g/mol. The van der Waals surface area contributed by atoms with Crippen molar-refractivity contribution in [2.45, 2.75) is 0 Å². The molecule has 1 aliphatic rings. The van der Waals surface area contributed by atoms with E-state index in [2.05, 4.69) is 47.4 Å². The van der Waals surface area contributed by atoms with Crippen LogP contribution in [0.25, 0.3) is 67.2 Å². The number of ether oxygens (including phenoxy) is 1. The highest BCUT2D eigenvalue weighted by Crippen LogP contribution is 2.47. The predicted molar refractivity (Wildman–Crippen MR) is 162 cm³/mol. The summed E-state index contributed by atoms with van der Waals surface area (Å²) >= 11 is 0. The fraction of sp³-hybridized carbons (Fsp3) is 0. The zero-order chi connectivity index (χ0) is 27.2. The van der Waals surface area contributed by atoms with Crippen molar-refractivity contribution in [2.75, 3.05) is 0 Å². The monoisotopic (exact) mass is 526 g/mol. The molecule has 0 atom stereocenters. The third kappa shape index (κ3) is 4.12. The molecule has 0 saturated carbocycles. The first-order valence-corrected chi connectivity index (χ1v) is 13.5. The summed E-state index contributed by atoms with van der Waals surface area (Å²) in [5.41, 5.74) is 6.99. The highest BCUT2D eigenvalue weighted by atomic mass is 16.5. The van der Waals surface area contributed by atoms with Gasteiger partial charge in [0.1, 0.15) is 11.5 Å². The third-order valence-electron chi connectivity index (χ3n) is 7.40. The predicted octanol–water partition coefficient (Wildman–Crippen LogP) is 8.86. The van der Waals surface area contributed by atoms with E-state index in [9.17, 15) is 0 Å². The van der Waals surface area contributed by atoms with Crippen molar-refractivity contribution in [1.29, 1.82) is 0 Å². The maximum atomic E-state index is 6.32. The van der Waals surface area contributed by atoms with E-state index in [-0.39, 0.29) is 0 Å². The van der Waals surface area contributed by atoms with E-state index in [1.165, 1.54) is 0 Å². The Morgan fingerprint density at radius 3 is 1.93 bits per heavy atom. The molecule has 0 N–H and O–H groups in total. The van der Waals surface area contributed by atoms with Gasteiger partial charge >= 0.3 is 0 Å². The van der Waals surface area contributed by atoms with E-state index in [1.807, 2.05) is 85.1 Å². The zero-order valence-electron chi connectivity index (χ0n) is 21.9. The Bertz CT molecular complexity index is 2070. The summed E-state index contributed by atoms with van der Waals surface area (Å²) in [4.78, 5) is 19.1. The molecule has 7 aromatic rings. The zero-order valence-corrected chi connectivity index (χ0v) is 21.9. The normalized spacial score (nSPS) is 11.6. The highest BCUT2D eigenvalue weighted by Gasteiger charge is 2.21. The Hall–Kier alpha value is -5.68. The Balaban J connectivity index is 1.30. The summed E-state index contributed by atoms with van der Waals surface area (Å²) in [6.07, 6.45) is 3.64. The molecule has 0 saturated heterocycles. The van der Waals surface area contributed by atoms with Crippen LogP contribution in [0.3, 0.4) is 0 Å². The van der Waals surface area contributed by atoms with Gasteiger partial charge in [-0.05, 0) is 52.9 Å². The molecule has 0 unspecified atom stereocenters. The first-order valence-electron chi connectivity index (χ1n) is 13.5. The number of rotatable bonds is 4. The average Bonchev–Trinajstić information content (AvgIpc) is 3.05. The van der Waals surface area contributed by atoms with Gasteiger partial charge in [0.15, 0.2) is 17.5 Å². The Kier molecular flexibility index (Phi) is 5.38. The summed E-state index contributed by atoms with van der Waals surface area (Å²) in [5.74, 6) is 3.54. The quantitative estimate of drug-likeness (QED) is 0.229. The highest BCUT2D eigenvalue weighted by molar-refractivity contribution is 6.04. The Morgan fingerprint density at radius 2 is 1.12 bits per heavy atom. The van der Waals surface area contributed by atoms with E-state index < -0.39 is 0 Å². The van der Waals surface area contributed by atoms with Crippen molar-refractivity contribution in [2.24, 2.45) is 0 Å². The van der Waals surface area contributed by atoms with Gasteiger partial charge in [-0.25, -0.2) is 15.0 Å². The lowest BCUT2D eigenvalue weighted by Gasteiger charge is -2.21. The molecule has 5 nitrogen and oxygen atoms in total. The fourth-order valence-corrected chi connectivity index (χ4v) is 5.42. The van der Waals surface area contributed by atoms with E-state index >= 15 is 0 Å². The summed E-state index contributed by atoms with van der Waals surface area (Å²) in [5, 5.41) is 2.27. The van der Waals surface area contributed by atoms with E-state index in [4.69, 9.17) is 19.7 Å². The van der Waals surface area contributed by atoms with Gasteiger partial charge in [0.2, 0.25) is 0 Å². The van der Waals surface area contributed by atoms with Crippen molar-refractivity contribution in [3.05, 3.63) is 134 Å². The lowest BCUT2D eigenvalue weighted by atomic mass is 9.93. The molecule has 0 radical (unpaired) electrons. The molecule has 192 valence electrons. The molecule has 0 bridgehead atoms. The maximum Gasteiger partial charge on any atom is 0.164 e. The minimum atomic E-state index is 0.606. The molecule has 3 heterocycles. The third-order valence-corrected chi connectivity index (χ3v) is 7.40. The van der Waals surface area contributed by atoms with Gasteiger partial charge < -0.3 is 4.74 Å². The van der Waals surface area contributed by atoms with Gasteiger partial charge in [0, 0.05) is 45.6 Å².